The number of rotatable bonds is 4. The number of hydrogen-bond acceptors (Lipinski definition) is 2. The van der Waals surface area contributed by atoms with E-state index in [-0.39, 0.29) is 12.4 Å². The number of para-hydroxylation sites is 1. The van der Waals surface area contributed by atoms with Crippen LogP contribution in [-0.4, -0.2) is 10.5 Å². The van der Waals surface area contributed by atoms with E-state index in [1.165, 1.54) is 12.1 Å². The van der Waals surface area contributed by atoms with Crippen molar-refractivity contribution in [3.63, 3.8) is 0 Å². The summed E-state index contributed by atoms with van der Waals surface area (Å²) in [5, 5.41) is 10.4. The van der Waals surface area contributed by atoms with Crippen molar-refractivity contribution in [3.05, 3.63) is 71.7 Å². The number of amides is 1. The molecule has 0 saturated heterocycles. The number of nitrogens with zero attached hydrogens (tertiary/aromatic N) is 2. The Labute approximate surface area is 138 Å². The molecule has 1 heterocycles. The Hall–Kier alpha value is -3.39. The average molecular weight is 319 g/mol. The molecule has 0 spiro atoms. The summed E-state index contributed by atoms with van der Waals surface area (Å²) < 4.78 is 14.8. The van der Waals surface area contributed by atoms with Gasteiger partial charge in [-0.15, -0.1) is 0 Å². The van der Waals surface area contributed by atoms with Gasteiger partial charge >= 0.3 is 0 Å². The predicted octanol–water partition coefficient (Wildman–Crippen LogP) is 3.33. The average Bonchev–Trinajstić information content (AvgIpc) is 2.91. The van der Waals surface area contributed by atoms with E-state index in [9.17, 15) is 14.4 Å². The quantitative estimate of drug-likeness (QED) is 0.749. The largest absolute Gasteiger partial charge is 0.368 e. The van der Waals surface area contributed by atoms with Crippen LogP contribution in [0, 0.1) is 17.1 Å². The monoisotopic (exact) mass is 319 g/mol. The van der Waals surface area contributed by atoms with Crippen LogP contribution in [0.4, 0.5) is 4.39 Å². The molecule has 118 valence electrons. The number of benzene rings is 2. The second-order valence-corrected chi connectivity index (χ2v) is 5.37. The Kier molecular flexibility index (Phi) is 4.13. The molecule has 0 fully saturated rings. The van der Waals surface area contributed by atoms with Gasteiger partial charge in [0.05, 0.1) is 11.6 Å². The fourth-order valence-electron chi connectivity index (χ4n) is 2.65. The minimum atomic E-state index is -0.440. The molecule has 3 aromatic rings. The van der Waals surface area contributed by atoms with Gasteiger partial charge in [-0.25, -0.2) is 4.39 Å². The van der Waals surface area contributed by atoms with E-state index in [0.717, 1.165) is 16.5 Å². The normalized spacial score (nSPS) is 11.4. The fourth-order valence-corrected chi connectivity index (χ4v) is 2.65. The SMILES string of the molecule is N#CC(=Cc1cn(CC(N)=O)c2ccccc12)c1ccc(F)cc1. The number of nitrogens with two attached hydrogens (primary N) is 1. The van der Waals surface area contributed by atoms with Gasteiger partial charge in [0, 0.05) is 22.7 Å². The molecule has 0 unspecified atom stereocenters. The highest BCUT2D eigenvalue weighted by atomic mass is 19.1. The van der Waals surface area contributed by atoms with Gasteiger partial charge < -0.3 is 10.3 Å². The van der Waals surface area contributed by atoms with Crippen molar-refractivity contribution in [2.24, 2.45) is 5.73 Å². The number of carbonyl (C=O) groups is 1. The summed E-state index contributed by atoms with van der Waals surface area (Å²) in [5.74, 6) is -0.792. The van der Waals surface area contributed by atoms with Gasteiger partial charge in [0.2, 0.25) is 5.91 Å². The standard InChI is InChI=1S/C19H14FN3O/c20-16-7-5-13(6-8-16)14(10-21)9-15-11-23(12-19(22)24)18-4-2-1-3-17(15)18/h1-9,11H,12H2,(H2,22,24). The number of hydrogen-bond donors (Lipinski definition) is 1. The van der Waals surface area contributed by atoms with Crippen LogP contribution >= 0.6 is 0 Å². The maximum absolute atomic E-state index is 13.1. The first-order valence-electron chi connectivity index (χ1n) is 7.32. The number of allylic oxidation sites excluding steroid dienone is 1. The summed E-state index contributed by atoms with van der Waals surface area (Å²) in [6.07, 6.45) is 3.52. The van der Waals surface area contributed by atoms with Crippen LogP contribution in [0.1, 0.15) is 11.1 Å². The van der Waals surface area contributed by atoms with Crippen molar-refractivity contribution in [1.82, 2.24) is 4.57 Å². The molecule has 2 N–H and O–H groups in total. The van der Waals surface area contributed by atoms with Crippen LogP contribution in [-0.2, 0) is 11.3 Å². The highest BCUT2D eigenvalue weighted by Gasteiger charge is 2.10. The van der Waals surface area contributed by atoms with Gasteiger partial charge in [0.15, 0.2) is 0 Å². The van der Waals surface area contributed by atoms with Crippen LogP contribution < -0.4 is 5.73 Å². The summed E-state index contributed by atoms with van der Waals surface area (Å²) in [6.45, 7) is 0.0623. The summed E-state index contributed by atoms with van der Waals surface area (Å²) in [4.78, 5) is 11.3. The highest BCUT2D eigenvalue weighted by molar-refractivity contribution is 5.98. The van der Waals surface area contributed by atoms with E-state index in [2.05, 4.69) is 6.07 Å². The topological polar surface area (TPSA) is 71.8 Å². The first kappa shape index (κ1) is 15.5. The van der Waals surface area contributed by atoms with Crippen molar-refractivity contribution < 1.29 is 9.18 Å². The fraction of sp³-hybridized carbons (Fsp3) is 0.0526. The molecule has 2 aromatic carbocycles. The molecule has 0 aliphatic rings. The zero-order valence-electron chi connectivity index (χ0n) is 12.7. The van der Waals surface area contributed by atoms with Gasteiger partial charge in [0.25, 0.3) is 0 Å². The minimum absolute atomic E-state index is 0.0623. The molecule has 24 heavy (non-hydrogen) atoms. The first-order chi connectivity index (χ1) is 11.6. The van der Waals surface area contributed by atoms with Gasteiger partial charge in [-0.05, 0) is 29.8 Å². The van der Waals surface area contributed by atoms with Crippen LogP contribution in [0.2, 0.25) is 0 Å². The van der Waals surface area contributed by atoms with E-state index >= 15 is 0 Å². The zero-order chi connectivity index (χ0) is 17.1. The predicted molar refractivity (Wildman–Crippen MR) is 91.0 cm³/mol. The van der Waals surface area contributed by atoms with E-state index < -0.39 is 5.91 Å². The molecule has 0 aliphatic heterocycles. The van der Waals surface area contributed by atoms with Crippen molar-refractivity contribution in [2.75, 3.05) is 0 Å². The van der Waals surface area contributed by atoms with Crippen molar-refractivity contribution in [2.45, 2.75) is 6.54 Å². The third kappa shape index (κ3) is 3.03. The van der Waals surface area contributed by atoms with E-state index in [1.807, 2.05) is 24.3 Å². The Bertz CT molecular complexity index is 978. The molecular weight excluding hydrogens is 305 g/mol. The molecule has 0 atom stereocenters. The Morgan fingerprint density at radius 2 is 1.92 bits per heavy atom. The number of aromatic nitrogens is 1. The molecule has 1 amide bonds. The molecule has 0 radical (unpaired) electrons. The number of fused-ring (bicyclic) bond motifs is 1. The minimum Gasteiger partial charge on any atom is -0.368 e. The van der Waals surface area contributed by atoms with Crippen LogP contribution in [0.15, 0.2) is 54.7 Å². The molecule has 0 saturated carbocycles. The molecule has 5 heteroatoms. The maximum Gasteiger partial charge on any atom is 0.237 e. The summed E-state index contributed by atoms with van der Waals surface area (Å²) in [6, 6.07) is 15.5. The van der Waals surface area contributed by atoms with Gasteiger partial charge in [-0.3, -0.25) is 4.79 Å². The van der Waals surface area contributed by atoms with Crippen LogP contribution in [0.5, 0.6) is 0 Å². The Morgan fingerprint density at radius 1 is 1.21 bits per heavy atom. The second kappa shape index (κ2) is 6.39. The van der Waals surface area contributed by atoms with E-state index in [4.69, 9.17) is 5.73 Å². The lowest BCUT2D eigenvalue weighted by Crippen LogP contribution is -2.17. The Balaban J connectivity index is 2.13. The molecule has 0 aliphatic carbocycles. The van der Waals surface area contributed by atoms with Gasteiger partial charge in [0.1, 0.15) is 12.4 Å². The van der Waals surface area contributed by atoms with Gasteiger partial charge in [-0.1, -0.05) is 30.3 Å². The van der Waals surface area contributed by atoms with Crippen molar-refractivity contribution in [3.8, 4) is 6.07 Å². The maximum atomic E-state index is 13.1. The first-order valence-corrected chi connectivity index (χ1v) is 7.32. The third-order valence-electron chi connectivity index (χ3n) is 3.72. The summed E-state index contributed by atoms with van der Waals surface area (Å²) in [7, 11) is 0. The Morgan fingerprint density at radius 3 is 2.58 bits per heavy atom. The second-order valence-electron chi connectivity index (χ2n) is 5.37. The lowest BCUT2D eigenvalue weighted by Gasteiger charge is -2.00. The summed E-state index contributed by atoms with van der Waals surface area (Å²) in [5.41, 5.74) is 8.00. The highest BCUT2D eigenvalue weighted by Crippen LogP contribution is 2.26. The smallest absolute Gasteiger partial charge is 0.237 e. The van der Waals surface area contributed by atoms with Crippen LogP contribution in [0.25, 0.3) is 22.6 Å². The zero-order valence-corrected chi connectivity index (χ0v) is 12.7. The van der Waals surface area contributed by atoms with E-state index in [1.54, 1.807) is 29.0 Å². The molecule has 4 nitrogen and oxygen atoms in total. The third-order valence-corrected chi connectivity index (χ3v) is 3.72. The molecular formula is C19H14FN3O. The van der Waals surface area contributed by atoms with Crippen molar-refractivity contribution >= 4 is 28.5 Å². The lowest BCUT2D eigenvalue weighted by molar-refractivity contribution is -0.118. The number of primary amides is 1. The van der Waals surface area contributed by atoms with Crippen LogP contribution in [0.3, 0.4) is 0 Å². The van der Waals surface area contributed by atoms with Gasteiger partial charge in [-0.2, -0.15) is 5.26 Å². The number of carbonyl (C=O) groups excluding carboxylic acids is 1. The molecule has 3 rings (SSSR count). The lowest BCUT2D eigenvalue weighted by atomic mass is 10.0. The molecule has 0 bridgehead atoms. The summed E-state index contributed by atoms with van der Waals surface area (Å²) >= 11 is 0. The van der Waals surface area contributed by atoms with E-state index in [0.29, 0.717) is 11.1 Å². The molecule has 1 aromatic heterocycles. The van der Waals surface area contributed by atoms with Crippen molar-refractivity contribution in [1.29, 1.82) is 5.26 Å². The number of halogens is 1. The number of nitriles is 1.